The Bertz CT molecular complexity index is 865. The minimum atomic E-state index is -0.381. The van der Waals surface area contributed by atoms with E-state index in [9.17, 15) is 19.8 Å². The summed E-state index contributed by atoms with van der Waals surface area (Å²) in [4.78, 5) is 26.1. The number of thioether (sulfide) groups is 1. The predicted octanol–water partition coefficient (Wildman–Crippen LogP) is 4.10. The Labute approximate surface area is 150 Å². The van der Waals surface area contributed by atoms with Gasteiger partial charge in [0.1, 0.15) is 0 Å². The molecule has 0 bridgehead atoms. The van der Waals surface area contributed by atoms with Gasteiger partial charge in [0.05, 0.1) is 11.4 Å². The highest BCUT2D eigenvalue weighted by molar-refractivity contribution is 9.10. The van der Waals surface area contributed by atoms with Crippen LogP contribution in [0.1, 0.15) is 11.1 Å². The summed E-state index contributed by atoms with van der Waals surface area (Å²) in [6.07, 6.45) is 1.52. The lowest BCUT2D eigenvalue weighted by Gasteiger charge is -2.13. The SMILES string of the molecule is O=C1S/C(=C/c2ccc(O)c(O)c2)C(=O)N1Cc1ccccc1Br. The van der Waals surface area contributed by atoms with Crippen molar-refractivity contribution in [3.8, 4) is 11.5 Å². The zero-order valence-electron chi connectivity index (χ0n) is 12.3. The maximum absolute atomic E-state index is 12.5. The average molecular weight is 406 g/mol. The molecule has 0 unspecified atom stereocenters. The lowest BCUT2D eigenvalue weighted by Crippen LogP contribution is -2.27. The third-order valence-electron chi connectivity index (χ3n) is 3.46. The summed E-state index contributed by atoms with van der Waals surface area (Å²) in [5.41, 5.74) is 1.36. The van der Waals surface area contributed by atoms with Gasteiger partial charge in [0.15, 0.2) is 11.5 Å². The van der Waals surface area contributed by atoms with Crippen molar-refractivity contribution in [1.82, 2.24) is 4.90 Å². The van der Waals surface area contributed by atoms with Gasteiger partial charge in [0.25, 0.3) is 11.1 Å². The maximum Gasteiger partial charge on any atom is 0.293 e. The minimum absolute atomic E-state index is 0.185. The number of carbonyl (C=O) groups excluding carboxylic acids is 2. The third-order valence-corrected chi connectivity index (χ3v) is 5.14. The highest BCUT2D eigenvalue weighted by atomic mass is 79.9. The molecule has 2 N–H and O–H groups in total. The number of phenols is 2. The first kappa shape index (κ1) is 16.6. The fourth-order valence-corrected chi connectivity index (χ4v) is 3.46. The number of hydrogen-bond donors (Lipinski definition) is 2. The molecule has 2 aromatic rings. The average Bonchev–Trinajstić information content (AvgIpc) is 2.80. The van der Waals surface area contributed by atoms with Crippen molar-refractivity contribution >= 4 is 44.9 Å². The van der Waals surface area contributed by atoms with Crippen molar-refractivity contribution in [2.75, 3.05) is 0 Å². The molecule has 1 fully saturated rings. The number of halogens is 1. The summed E-state index contributed by atoms with van der Waals surface area (Å²) in [6, 6.07) is 11.6. The van der Waals surface area contributed by atoms with Crippen molar-refractivity contribution < 1.29 is 19.8 Å². The molecule has 0 saturated carbocycles. The molecule has 1 aliphatic rings. The first-order chi connectivity index (χ1) is 11.5. The molecule has 0 spiro atoms. The molecule has 122 valence electrons. The smallest absolute Gasteiger partial charge is 0.293 e. The summed E-state index contributed by atoms with van der Waals surface area (Å²) in [5, 5.41) is 18.5. The number of benzene rings is 2. The summed E-state index contributed by atoms with van der Waals surface area (Å²) >= 11 is 4.26. The normalized spacial score (nSPS) is 16.2. The number of hydrogen-bond acceptors (Lipinski definition) is 5. The molecule has 2 aromatic carbocycles. The Morgan fingerprint density at radius 1 is 1.08 bits per heavy atom. The predicted molar refractivity (Wildman–Crippen MR) is 95.4 cm³/mol. The van der Waals surface area contributed by atoms with E-state index in [2.05, 4.69) is 15.9 Å². The molecule has 0 atom stereocenters. The van der Waals surface area contributed by atoms with Gasteiger partial charge in [-0.1, -0.05) is 40.2 Å². The molecule has 3 rings (SSSR count). The van der Waals surface area contributed by atoms with Crippen molar-refractivity contribution in [3.63, 3.8) is 0 Å². The van der Waals surface area contributed by atoms with E-state index in [4.69, 9.17) is 0 Å². The minimum Gasteiger partial charge on any atom is -0.504 e. The largest absolute Gasteiger partial charge is 0.504 e. The number of amides is 2. The van der Waals surface area contributed by atoms with Gasteiger partial charge in [-0.25, -0.2) is 0 Å². The standard InChI is InChI=1S/C17H12BrNO4S/c18-12-4-2-1-3-11(12)9-19-16(22)15(24-17(19)23)8-10-5-6-13(20)14(21)7-10/h1-8,20-21H,9H2/b15-8+. The van der Waals surface area contributed by atoms with Crippen LogP contribution in [0.5, 0.6) is 11.5 Å². The topological polar surface area (TPSA) is 77.8 Å². The van der Waals surface area contributed by atoms with Crippen LogP contribution in [0.4, 0.5) is 4.79 Å². The second kappa shape index (κ2) is 6.70. The number of nitrogens with zero attached hydrogens (tertiary/aromatic N) is 1. The summed E-state index contributed by atoms with van der Waals surface area (Å²) in [6.45, 7) is 0.185. The highest BCUT2D eigenvalue weighted by Crippen LogP contribution is 2.35. The van der Waals surface area contributed by atoms with Crippen molar-refractivity contribution in [1.29, 1.82) is 0 Å². The van der Waals surface area contributed by atoms with Crippen LogP contribution in [0.25, 0.3) is 6.08 Å². The molecule has 0 aromatic heterocycles. The van der Waals surface area contributed by atoms with Crippen LogP contribution in [-0.4, -0.2) is 26.3 Å². The lowest BCUT2D eigenvalue weighted by molar-refractivity contribution is -0.123. The number of imide groups is 1. The van der Waals surface area contributed by atoms with Crippen LogP contribution in [-0.2, 0) is 11.3 Å². The Morgan fingerprint density at radius 2 is 1.83 bits per heavy atom. The molecule has 2 amide bonds. The Kier molecular flexibility index (Phi) is 4.64. The van der Waals surface area contributed by atoms with Gasteiger partial charge < -0.3 is 10.2 Å². The maximum atomic E-state index is 12.5. The monoisotopic (exact) mass is 405 g/mol. The lowest BCUT2D eigenvalue weighted by atomic mass is 10.2. The molecule has 0 radical (unpaired) electrons. The number of rotatable bonds is 3. The quantitative estimate of drug-likeness (QED) is 0.593. The van der Waals surface area contributed by atoms with Crippen LogP contribution in [0, 0.1) is 0 Å². The van der Waals surface area contributed by atoms with E-state index in [0.29, 0.717) is 5.56 Å². The van der Waals surface area contributed by atoms with Crippen LogP contribution >= 0.6 is 27.7 Å². The van der Waals surface area contributed by atoms with Crippen molar-refractivity contribution in [3.05, 3.63) is 63.0 Å². The van der Waals surface area contributed by atoms with Gasteiger partial charge in [-0.2, -0.15) is 0 Å². The first-order valence-electron chi connectivity index (χ1n) is 6.96. The molecule has 0 aliphatic carbocycles. The second-order valence-corrected chi connectivity index (χ2v) is 6.95. The summed E-state index contributed by atoms with van der Waals surface area (Å²) in [5.74, 6) is -0.904. The van der Waals surface area contributed by atoms with E-state index < -0.39 is 0 Å². The second-order valence-electron chi connectivity index (χ2n) is 5.11. The fourth-order valence-electron chi connectivity index (χ4n) is 2.21. The van der Waals surface area contributed by atoms with Crippen LogP contribution in [0.15, 0.2) is 51.8 Å². The van der Waals surface area contributed by atoms with Crippen LogP contribution in [0.3, 0.4) is 0 Å². The van der Waals surface area contributed by atoms with Crippen molar-refractivity contribution in [2.24, 2.45) is 0 Å². The summed E-state index contributed by atoms with van der Waals surface area (Å²) < 4.78 is 0.830. The van der Waals surface area contributed by atoms with Crippen LogP contribution < -0.4 is 0 Å². The van der Waals surface area contributed by atoms with Gasteiger partial charge in [-0.15, -0.1) is 0 Å². The number of aromatic hydroxyl groups is 2. The van der Waals surface area contributed by atoms with E-state index in [-0.39, 0.29) is 34.1 Å². The number of phenolic OH excluding ortho intramolecular Hbond substituents is 2. The van der Waals surface area contributed by atoms with Gasteiger partial charge in [-0.3, -0.25) is 14.5 Å². The Balaban J connectivity index is 1.84. The van der Waals surface area contributed by atoms with E-state index in [1.807, 2.05) is 24.3 Å². The fraction of sp³-hybridized carbons (Fsp3) is 0.0588. The van der Waals surface area contributed by atoms with Crippen molar-refractivity contribution in [2.45, 2.75) is 6.54 Å². The van der Waals surface area contributed by atoms with E-state index in [1.165, 1.54) is 23.1 Å². The highest BCUT2D eigenvalue weighted by Gasteiger charge is 2.35. The van der Waals surface area contributed by atoms with Gasteiger partial charge in [0.2, 0.25) is 0 Å². The molecule has 5 nitrogen and oxygen atoms in total. The number of carbonyl (C=O) groups is 2. The third kappa shape index (κ3) is 3.32. The van der Waals surface area contributed by atoms with Gasteiger partial charge >= 0.3 is 0 Å². The Hall–Kier alpha value is -2.25. The van der Waals surface area contributed by atoms with Gasteiger partial charge in [-0.05, 0) is 47.2 Å². The zero-order valence-corrected chi connectivity index (χ0v) is 14.7. The zero-order chi connectivity index (χ0) is 17.3. The van der Waals surface area contributed by atoms with Gasteiger partial charge in [0, 0.05) is 4.47 Å². The molecule has 1 aliphatic heterocycles. The van der Waals surface area contributed by atoms with E-state index >= 15 is 0 Å². The molecule has 24 heavy (non-hydrogen) atoms. The Morgan fingerprint density at radius 3 is 2.54 bits per heavy atom. The van der Waals surface area contributed by atoms with E-state index in [0.717, 1.165) is 21.8 Å². The molecule has 1 saturated heterocycles. The summed E-state index contributed by atoms with van der Waals surface area (Å²) in [7, 11) is 0. The first-order valence-corrected chi connectivity index (χ1v) is 8.57. The molecule has 7 heteroatoms. The molecule has 1 heterocycles. The molecular formula is C17H12BrNO4S. The molecular weight excluding hydrogens is 394 g/mol. The van der Waals surface area contributed by atoms with Crippen LogP contribution in [0.2, 0.25) is 0 Å². The van der Waals surface area contributed by atoms with E-state index in [1.54, 1.807) is 6.07 Å².